The van der Waals surface area contributed by atoms with Crippen LogP contribution in [0.15, 0.2) is 53.0 Å². The summed E-state index contributed by atoms with van der Waals surface area (Å²) < 4.78 is 52.7. The molecule has 0 radical (unpaired) electrons. The van der Waals surface area contributed by atoms with Crippen LogP contribution in [0.1, 0.15) is 11.1 Å². The van der Waals surface area contributed by atoms with Crippen LogP contribution >= 0.6 is 11.6 Å². The molecule has 2 aromatic carbocycles. The second-order valence-electron chi connectivity index (χ2n) is 6.67. The van der Waals surface area contributed by atoms with E-state index in [4.69, 9.17) is 16.3 Å². The molecular formula is C20H21ClFN3O4S. The van der Waals surface area contributed by atoms with Gasteiger partial charge in [0, 0.05) is 31.9 Å². The van der Waals surface area contributed by atoms with Crippen molar-refractivity contribution in [3.05, 3.63) is 64.9 Å². The van der Waals surface area contributed by atoms with E-state index in [1.807, 2.05) is 12.1 Å². The summed E-state index contributed by atoms with van der Waals surface area (Å²) in [6.07, 6.45) is 0. The van der Waals surface area contributed by atoms with Crippen LogP contribution in [-0.4, -0.2) is 50.9 Å². The summed E-state index contributed by atoms with van der Waals surface area (Å²) in [4.78, 5) is 1.31. The number of rotatable bonds is 7. The van der Waals surface area contributed by atoms with Crippen LogP contribution in [0.5, 0.6) is 0 Å². The highest BCUT2D eigenvalue weighted by atomic mass is 35.5. The van der Waals surface area contributed by atoms with Gasteiger partial charge in [0.25, 0.3) is 10.1 Å². The highest BCUT2D eigenvalue weighted by molar-refractivity contribution is 7.86. The molecule has 3 rings (SSSR count). The van der Waals surface area contributed by atoms with Crippen molar-refractivity contribution < 1.29 is 22.1 Å². The van der Waals surface area contributed by atoms with Crippen LogP contribution in [0.2, 0.25) is 5.02 Å². The van der Waals surface area contributed by atoms with Gasteiger partial charge in [0.05, 0.1) is 29.6 Å². The molecule has 1 N–H and O–H groups in total. The second kappa shape index (κ2) is 9.23. The molecule has 2 aromatic rings. The van der Waals surface area contributed by atoms with Gasteiger partial charge in [0.1, 0.15) is 4.90 Å². The molecule has 0 aliphatic carbocycles. The molecule has 0 aromatic heterocycles. The number of anilines is 1. The number of nitrogens with zero attached hydrogens (tertiary/aromatic N) is 3. The molecule has 0 spiro atoms. The number of halogens is 2. The fourth-order valence-corrected chi connectivity index (χ4v) is 4.22. The predicted molar refractivity (Wildman–Crippen MR) is 115 cm³/mol. The molecule has 1 aliphatic heterocycles. The highest BCUT2D eigenvalue weighted by Gasteiger charge is 2.27. The third kappa shape index (κ3) is 4.88. The van der Waals surface area contributed by atoms with Gasteiger partial charge < -0.3 is 4.74 Å². The lowest BCUT2D eigenvalue weighted by Crippen LogP contribution is -2.35. The fourth-order valence-electron chi connectivity index (χ4n) is 3.21. The number of ether oxygens (including phenoxy) is 1. The van der Waals surface area contributed by atoms with Crippen molar-refractivity contribution in [2.75, 3.05) is 31.3 Å². The van der Waals surface area contributed by atoms with Gasteiger partial charge in [-0.25, -0.2) is 9.40 Å². The summed E-state index contributed by atoms with van der Waals surface area (Å²) >= 11 is 5.68. The summed E-state index contributed by atoms with van der Waals surface area (Å²) in [6, 6.07) is 9.79. The van der Waals surface area contributed by atoms with Gasteiger partial charge in [-0.05, 0) is 29.8 Å². The molecule has 1 saturated heterocycles. The molecule has 30 heavy (non-hydrogen) atoms. The van der Waals surface area contributed by atoms with E-state index in [1.165, 1.54) is 17.1 Å². The zero-order valence-electron chi connectivity index (χ0n) is 16.1. The smallest absolute Gasteiger partial charge is 0.298 e. The van der Waals surface area contributed by atoms with E-state index in [1.54, 1.807) is 12.1 Å². The van der Waals surface area contributed by atoms with Crippen molar-refractivity contribution in [3.63, 3.8) is 0 Å². The first-order chi connectivity index (χ1) is 14.2. The van der Waals surface area contributed by atoms with Gasteiger partial charge in [0.15, 0.2) is 5.82 Å². The maximum absolute atomic E-state index is 14.4. The van der Waals surface area contributed by atoms with Gasteiger partial charge in [-0.3, -0.25) is 9.45 Å². The van der Waals surface area contributed by atoms with Crippen LogP contribution in [-0.2, 0) is 21.4 Å². The van der Waals surface area contributed by atoms with Gasteiger partial charge in [0.2, 0.25) is 0 Å². The Morgan fingerprint density at radius 1 is 1.23 bits per heavy atom. The van der Waals surface area contributed by atoms with Crippen molar-refractivity contribution in [1.82, 2.24) is 4.90 Å². The molecule has 7 nitrogen and oxygen atoms in total. The van der Waals surface area contributed by atoms with Crippen molar-refractivity contribution in [2.45, 2.75) is 11.4 Å². The molecule has 160 valence electrons. The summed E-state index contributed by atoms with van der Waals surface area (Å²) in [5.41, 5.74) is 1.45. The maximum atomic E-state index is 14.4. The number of morpholine rings is 1. The third-order valence-corrected chi connectivity index (χ3v) is 5.91. The first-order valence-corrected chi connectivity index (χ1v) is 10.8. The van der Waals surface area contributed by atoms with Gasteiger partial charge in [-0.2, -0.15) is 13.5 Å². The molecule has 0 atom stereocenters. The van der Waals surface area contributed by atoms with E-state index in [-0.39, 0.29) is 11.3 Å². The lowest BCUT2D eigenvalue weighted by Gasteiger charge is -2.27. The number of hydrazone groups is 1. The Bertz CT molecular complexity index is 1050. The number of hydrogen-bond donors (Lipinski definition) is 1. The Hall–Kier alpha value is -2.30. The van der Waals surface area contributed by atoms with Gasteiger partial charge in [-0.15, -0.1) is 0 Å². The Kier molecular flexibility index (Phi) is 6.89. The van der Waals surface area contributed by atoms with Crippen molar-refractivity contribution in [2.24, 2.45) is 5.10 Å². The molecule has 0 saturated carbocycles. The average Bonchev–Trinajstić information content (AvgIpc) is 2.71. The van der Waals surface area contributed by atoms with Crippen molar-refractivity contribution >= 4 is 39.8 Å². The van der Waals surface area contributed by atoms with Crippen LogP contribution in [0, 0.1) is 5.82 Å². The largest absolute Gasteiger partial charge is 0.379 e. The minimum atomic E-state index is -4.90. The lowest BCUT2D eigenvalue weighted by molar-refractivity contribution is 0.0342. The van der Waals surface area contributed by atoms with Crippen LogP contribution in [0.4, 0.5) is 10.1 Å². The van der Waals surface area contributed by atoms with E-state index in [0.717, 1.165) is 25.2 Å². The molecule has 0 amide bonds. The predicted octanol–water partition coefficient (Wildman–Crippen LogP) is 3.65. The topological polar surface area (TPSA) is 82.4 Å². The van der Waals surface area contributed by atoms with Gasteiger partial charge >= 0.3 is 0 Å². The van der Waals surface area contributed by atoms with E-state index < -0.39 is 25.9 Å². The maximum Gasteiger partial charge on any atom is 0.298 e. The molecule has 1 aliphatic rings. The Balaban J connectivity index is 1.88. The molecular weight excluding hydrogens is 433 g/mol. The standard InChI is InChI=1S/C20H21ClFN3O4S/c1-14(17-7-8-18(21)19(22)20(17)30(26,27)28)25(23-2)16-5-3-15(4-6-16)13-24-9-11-29-12-10-24/h3-8H,1-2,9-13H2,(H,26,27,28). The molecule has 1 fully saturated rings. The van der Waals surface area contributed by atoms with Crippen molar-refractivity contribution in [1.29, 1.82) is 0 Å². The third-order valence-electron chi connectivity index (χ3n) is 4.71. The number of benzene rings is 2. The summed E-state index contributed by atoms with van der Waals surface area (Å²) in [7, 11) is -4.90. The number of hydrogen-bond acceptors (Lipinski definition) is 6. The quantitative estimate of drug-likeness (QED) is 0.391. The Morgan fingerprint density at radius 3 is 2.43 bits per heavy atom. The summed E-state index contributed by atoms with van der Waals surface area (Å²) in [5, 5.41) is 4.70. The van der Waals surface area contributed by atoms with E-state index in [0.29, 0.717) is 18.9 Å². The molecule has 10 heteroatoms. The fraction of sp³-hybridized carbons (Fsp3) is 0.250. The zero-order valence-corrected chi connectivity index (χ0v) is 17.7. The lowest BCUT2D eigenvalue weighted by atomic mass is 10.1. The first kappa shape index (κ1) is 22.4. The molecule has 0 bridgehead atoms. The summed E-state index contributed by atoms with van der Waals surface area (Å²) in [6.45, 7) is 11.2. The van der Waals surface area contributed by atoms with E-state index in [9.17, 15) is 17.4 Å². The zero-order chi connectivity index (χ0) is 21.9. The minimum absolute atomic E-state index is 0.00845. The molecule has 1 heterocycles. The van der Waals surface area contributed by atoms with Gasteiger partial charge in [-0.1, -0.05) is 30.3 Å². The van der Waals surface area contributed by atoms with Crippen molar-refractivity contribution in [3.8, 4) is 0 Å². The monoisotopic (exact) mass is 453 g/mol. The average molecular weight is 454 g/mol. The highest BCUT2D eigenvalue weighted by Crippen LogP contribution is 2.33. The van der Waals surface area contributed by atoms with Crippen LogP contribution in [0.25, 0.3) is 5.70 Å². The minimum Gasteiger partial charge on any atom is -0.379 e. The van der Waals surface area contributed by atoms with E-state index in [2.05, 4.69) is 23.3 Å². The van der Waals surface area contributed by atoms with E-state index >= 15 is 0 Å². The SMILES string of the molecule is C=NN(C(=C)c1ccc(Cl)c(F)c1S(=O)(=O)O)c1ccc(CN2CCOCC2)cc1. The first-order valence-electron chi connectivity index (χ1n) is 9.03. The Morgan fingerprint density at radius 2 is 1.87 bits per heavy atom. The van der Waals surface area contributed by atoms with Crippen LogP contribution in [0.3, 0.4) is 0 Å². The molecule has 0 unspecified atom stereocenters. The summed E-state index contributed by atoms with van der Waals surface area (Å²) in [5.74, 6) is -1.26. The van der Waals surface area contributed by atoms with Crippen LogP contribution < -0.4 is 5.01 Å². The normalized spacial score (nSPS) is 15.0. The Labute approximate surface area is 179 Å². The second-order valence-corrected chi connectivity index (χ2v) is 8.43.